The number of rotatable bonds is 5. The number of hydrogen-bond acceptors (Lipinski definition) is 4. The van der Waals surface area contributed by atoms with Gasteiger partial charge in [-0.25, -0.2) is 4.79 Å². The molecule has 7 nitrogen and oxygen atoms in total. The lowest BCUT2D eigenvalue weighted by atomic mass is 10.1. The summed E-state index contributed by atoms with van der Waals surface area (Å²) in [6, 6.07) is 3.59. The molecule has 21 heavy (non-hydrogen) atoms. The number of benzene rings is 1. The Morgan fingerprint density at radius 3 is 2.81 bits per heavy atom. The average Bonchev–Trinajstić information content (AvgIpc) is 2.80. The van der Waals surface area contributed by atoms with Crippen LogP contribution < -0.4 is 15.8 Å². The van der Waals surface area contributed by atoms with Gasteiger partial charge in [0.1, 0.15) is 11.8 Å². The number of aliphatic carboxylic acids is 1. The topological polar surface area (TPSA) is 119 Å². The third kappa shape index (κ3) is 3.63. The fraction of sp³-hybridized carbons (Fsp3) is 0.308. The van der Waals surface area contributed by atoms with Crippen molar-refractivity contribution in [3.8, 4) is 5.75 Å². The largest absolute Gasteiger partial charge is 0.480 e. The number of nitrogens with one attached hydrogen (secondary N) is 1. The van der Waals surface area contributed by atoms with Crippen LogP contribution in [0.15, 0.2) is 18.2 Å². The van der Waals surface area contributed by atoms with E-state index < -0.39 is 36.4 Å². The zero-order valence-electron chi connectivity index (χ0n) is 10.8. The van der Waals surface area contributed by atoms with Gasteiger partial charge in [0.25, 0.3) is 5.91 Å². The van der Waals surface area contributed by atoms with Gasteiger partial charge >= 0.3 is 5.97 Å². The van der Waals surface area contributed by atoms with E-state index in [2.05, 4.69) is 5.32 Å². The summed E-state index contributed by atoms with van der Waals surface area (Å²) < 4.78 is 5.43. The number of carbonyl (C=O) groups excluding carboxylic acids is 2. The highest BCUT2D eigenvalue weighted by Gasteiger charge is 2.32. The van der Waals surface area contributed by atoms with E-state index in [4.69, 9.17) is 27.2 Å². The fourth-order valence-electron chi connectivity index (χ4n) is 2.03. The molecule has 2 amide bonds. The van der Waals surface area contributed by atoms with Crippen molar-refractivity contribution in [3.05, 3.63) is 28.8 Å². The molecule has 0 saturated carbocycles. The predicted molar refractivity (Wildman–Crippen MR) is 72.9 cm³/mol. The number of fused-ring (bicyclic) bond motifs is 1. The van der Waals surface area contributed by atoms with Gasteiger partial charge in [0.2, 0.25) is 5.91 Å². The van der Waals surface area contributed by atoms with Crippen molar-refractivity contribution in [2.75, 3.05) is 0 Å². The minimum absolute atomic E-state index is 0.282. The molecule has 4 N–H and O–H groups in total. The predicted octanol–water partition coefficient (Wildman–Crippen LogP) is 0.0883. The van der Waals surface area contributed by atoms with E-state index in [1.165, 1.54) is 0 Å². The summed E-state index contributed by atoms with van der Waals surface area (Å²) in [6.45, 7) is 0. The van der Waals surface area contributed by atoms with Crippen molar-refractivity contribution in [2.24, 2.45) is 5.73 Å². The maximum Gasteiger partial charge on any atom is 0.326 e. The van der Waals surface area contributed by atoms with Crippen LogP contribution in [0.1, 0.15) is 12.0 Å². The Kier molecular flexibility index (Phi) is 4.32. The second-order valence-electron chi connectivity index (χ2n) is 4.63. The van der Waals surface area contributed by atoms with Crippen molar-refractivity contribution in [1.82, 2.24) is 5.32 Å². The maximum absolute atomic E-state index is 12.0. The monoisotopic (exact) mass is 312 g/mol. The summed E-state index contributed by atoms with van der Waals surface area (Å²) in [7, 11) is 0. The van der Waals surface area contributed by atoms with Crippen molar-refractivity contribution < 1.29 is 24.2 Å². The molecule has 2 unspecified atom stereocenters. The van der Waals surface area contributed by atoms with E-state index in [-0.39, 0.29) is 6.42 Å². The molecule has 112 valence electrons. The summed E-state index contributed by atoms with van der Waals surface area (Å²) in [5.41, 5.74) is 5.71. The molecule has 0 aliphatic carbocycles. The van der Waals surface area contributed by atoms with E-state index in [9.17, 15) is 14.4 Å². The molecule has 1 heterocycles. The second-order valence-corrected chi connectivity index (χ2v) is 5.07. The van der Waals surface area contributed by atoms with E-state index in [1.807, 2.05) is 0 Å². The van der Waals surface area contributed by atoms with Gasteiger partial charge in [0, 0.05) is 11.4 Å². The minimum atomic E-state index is -1.37. The highest BCUT2D eigenvalue weighted by molar-refractivity contribution is 6.30. The van der Waals surface area contributed by atoms with Crippen LogP contribution in [0.4, 0.5) is 0 Å². The van der Waals surface area contributed by atoms with E-state index in [1.54, 1.807) is 18.2 Å². The van der Waals surface area contributed by atoms with E-state index in [0.29, 0.717) is 10.8 Å². The summed E-state index contributed by atoms with van der Waals surface area (Å²) in [5.74, 6) is -2.23. The van der Waals surface area contributed by atoms with Crippen LogP contribution in [-0.4, -0.2) is 35.0 Å². The summed E-state index contributed by atoms with van der Waals surface area (Å²) in [4.78, 5) is 33.8. The minimum Gasteiger partial charge on any atom is -0.480 e. The fourth-order valence-corrected chi connectivity index (χ4v) is 2.22. The Hall–Kier alpha value is -2.28. The highest BCUT2D eigenvalue weighted by Crippen LogP contribution is 2.31. The van der Waals surface area contributed by atoms with Gasteiger partial charge in [-0.15, -0.1) is 0 Å². The first-order valence-electron chi connectivity index (χ1n) is 6.13. The van der Waals surface area contributed by atoms with Gasteiger partial charge in [-0.3, -0.25) is 9.59 Å². The highest BCUT2D eigenvalue weighted by atomic mass is 35.5. The van der Waals surface area contributed by atoms with Crippen LogP contribution in [0.2, 0.25) is 5.02 Å². The molecule has 1 aromatic carbocycles. The smallest absolute Gasteiger partial charge is 0.326 e. The van der Waals surface area contributed by atoms with Crippen LogP contribution in [0.5, 0.6) is 5.75 Å². The summed E-state index contributed by atoms with van der Waals surface area (Å²) in [5, 5.41) is 11.7. The number of carboxylic acid groups (broad SMARTS) is 1. The molecule has 0 spiro atoms. The van der Waals surface area contributed by atoms with Crippen LogP contribution in [0.3, 0.4) is 0 Å². The molecule has 0 radical (unpaired) electrons. The first-order chi connectivity index (χ1) is 9.86. The number of halogens is 1. The third-order valence-electron chi connectivity index (χ3n) is 3.01. The molecule has 1 aromatic rings. The van der Waals surface area contributed by atoms with Gasteiger partial charge in [0.05, 0.1) is 6.42 Å². The summed E-state index contributed by atoms with van der Waals surface area (Å²) >= 11 is 5.85. The molecule has 2 rings (SSSR count). The molecule has 0 saturated heterocycles. The number of ether oxygens (including phenoxy) is 1. The zero-order chi connectivity index (χ0) is 15.6. The Balaban J connectivity index is 2.02. The third-order valence-corrected chi connectivity index (χ3v) is 3.24. The Morgan fingerprint density at radius 1 is 1.48 bits per heavy atom. The first kappa shape index (κ1) is 15.1. The van der Waals surface area contributed by atoms with Crippen molar-refractivity contribution in [2.45, 2.75) is 25.0 Å². The van der Waals surface area contributed by atoms with Crippen molar-refractivity contribution >= 4 is 29.4 Å². The lowest BCUT2D eigenvalue weighted by Crippen LogP contribution is -2.48. The molecule has 1 aliphatic rings. The van der Waals surface area contributed by atoms with Crippen LogP contribution >= 0.6 is 11.6 Å². The number of amides is 2. The van der Waals surface area contributed by atoms with Crippen LogP contribution in [0.25, 0.3) is 0 Å². The lowest BCUT2D eigenvalue weighted by Gasteiger charge is -2.16. The number of carboxylic acids is 1. The van der Waals surface area contributed by atoms with Crippen LogP contribution in [-0.2, 0) is 20.8 Å². The number of hydrogen-bond donors (Lipinski definition) is 3. The quantitative estimate of drug-likeness (QED) is 0.712. The normalized spacial score (nSPS) is 17.5. The van der Waals surface area contributed by atoms with Crippen molar-refractivity contribution in [3.63, 3.8) is 0 Å². The van der Waals surface area contributed by atoms with Gasteiger partial charge in [0.15, 0.2) is 6.10 Å². The van der Waals surface area contributed by atoms with E-state index >= 15 is 0 Å². The molecule has 0 fully saturated rings. The molecule has 1 aliphatic heterocycles. The van der Waals surface area contributed by atoms with E-state index in [0.717, 1.165) is 5.56 Å². The maximum atomic E-state index is 12.0. The first-order valence-corrected chi connectivity index (χ1v) is 6.51. The molecule has 8 heteroatoms. The zero-order valence-corrected chi connectivity index (χ0v) is 11.6. The second kappa shape index (κ2) is 6.01. The van der Waals surface area contributed by atoms with Gasteiger partial charge < -0.3 is 20.9 Å². The SMILES string of the molecule is NC(=O)CC(NC(=O)C1Cc2cc(Cl)ccc2O1)C(=O)O. The van der Waals surface area contributed by atoms with Crippen molar-refractivity contribution in [1.29, 1.82) is 0 Å². The molecular weight excluding hydrogens is 300 g/mol. The van der Waals surface area contributed by atoms with Crippen LogP contribution in [0, 0.1) is 0 Å². The lowest BCUT2D eigenvalue weighted by molar-refractivity contribution is -0.144. The van der Waals surface area contributed by atoms with Gasteiger partial charge in [-0.1, -0.05) is 11.6 Å². The molecule has 0 aromatic heterocycles. The Morgan fingerprint density at radius 2 is 2.19 bits per heavy atom. The molecule has 0 bridgehead atoms. The Bertz CT molecular complexity index is 604. The standard InChI is InChI=1S/C13H13ClN2O5/c14-7-1-2-9-6(3-7)4-10(21-9)12(18)16-8(13(19)20)5-11(15)17/h1-3,8,10H,4-5H2,(H2,15,17)(H,16,18)(H,19,20). The Labute approximate surface area is 125 Å². The number of nitrogens with two attached hydrogens (primary N) is 1. The van der Waals surface area contributed by atoms with Gasteiger partial charge in [-0.05, 0) is 23.8 Å². The number of carbonyl (C=O) groups is 3. The van der Waals surface area contributed by atoms with Gasteiger partial charge in [-0.2, -0.15) is 0 Å². The molecular formula is C13H13ClN2O5. The summed E-state index contributed by atoms with van der Waals surface area (Å²) in [6.07, 6.45) is -1.05. The average molecular weight is 313 g/mol. The molecule has 2 atom stereocenters. The number of primary amides is 1.